The maximum atomic E-state index is 11.1. The largest absolute Gasteiger partial charge is 0.508 e. The summed E-state index contributed by atoms with van der Waals surface area (Å²) in [5.74, 6) is 0.679. The molecular weight excluding hydrogens is 362 g/mol. The van der Waals surface area contributed by atoms with Gasteiger partial charge >= 0.3 is 0 Å². The summed E-state index contributed by atoms with van der Waals surface area (Å²) in [6.07, 6.45) is 0. The second-order valence-electron chi connectivity index (χ2n) is 10.1. The molecule has 4 heteroatoms. The van der Waals surface area contributed by atoms with Crippen molar-refractivity contribution in [1.82, 2.24) is 4.90 Å². The van der Waals surface area contributed by atoms with Crippen LogP contribution in [0, 0.1) is 0 Å². The lowest BCUT2D eigenvalue weighted by molar-refractivity contribution is 0.0235. The van der Waals surface area contributed by atoms with Crippen molar-refractivity contribution in [2.45, 2.75) is 58.4 Å². The summed E-state index contributed by atoms with van der Waals surface area (Å²) in [4.78, 5) is 2.36. The molecule has 0 spiro atoms. The van der Waals surface area contributed by atoms with Crippen LogP contribution in [0.3, 0.4) is 0 Å². The highest BCUT2D eigenvalue weighted by Gasteiger charge is 2.32. The Morgan fingerprint density at radius 2 is 1.38 bits per heavy atom. The third kappa shape index (κ3) is 4.59. The van der Waals surface area contributed by atoms with Crippen LogP contribution < -0.4 is 0 Å². The third-order valence-electron chi connectivity index (χ3n) is 5.71. The SMILES string of the molecule is CC(C)(C)c1cc(C(c2ccccc2O)N2CCOCC2)cc(C(C)(C)C)c1O. The standard InChI is InChI=1S/C25H35NO3/c1-24(2,3)19-15-17(16-20(23(19)28)25(4,5)6)22(26-11-13-29-14-12-26)18-9-7-8-10-21(18)27/h7-10,15-16,22,27-28H,11-14H2,1-6H3. The van der Waals surface area contributed by atoms with Gasteiger partial charge in [-0.25, -0.2) is 0 Å². The van der Waals surface area contributed by atoms with Gasteiger partial charge in [-0.1, -0.05) is 59.7 Å². The second kappa shape index (κ2) is 8.00. The van der Waals surface area contributed by atoms with E-state index in [1.165, 1.54) is 0 Å². The lowest BCUT2D eigenvalue weighted by atomic mass is 9.77. The van der Waals surface area contributed by atoms with Gasteiger partial charge in [-0.05, 0) is 45.7 Å². The average molecular weight is 398 g/mol. The molecule has 1 aliphatic heterocycles. The lowest BCUT2D eigenvalue weighted by Crippen LogP contribution is -2.39. The maximum absolute atomic E-state index is 11.1. The highest BCUT2D eigenvalue weighted by atomic mass is 16.5. The molecule has 3 rings (SSSR count). The molecule has 1 fully saturated rings. The van der Waals surface area contributed by atoms with Gasteiger partial charge in [0.2, 0.25) is 0 Å². The number of phenolic OH excluding ortho intramolecular Hbond substituents is 2. The Kier molecular flexibility index (Phi) is 5.98. The van der Waals surface area contributed by atoms with E-state index in [0.29, 0.717) is 24.7 Å². The molecule has 2 aromatic carbocycles. The maximum Gasteiger partial charge on any atom is 0.123 e. The molecule has 0 amide bonds. The summed E-state index contributed by atoms with van der Waals surface area (Å²) in [5.41, 5.74) is 3.46. The van der Waals surface area contributed by atoms with Crippen molar-refractivity contribution in [2.24, 2.45) is 0 Å². The lowest BCUT2D eigenvalue weighted by Gasteiger charge is -2.37. The zero-order chi connectivity index (χ0) is 21.4. The summed E-state index contributed by atoms with van der Waals surface area (Å²) >= 11 is 0. The fraction of sp³-hybridized carbons (Fsp3) is 0.520. The van der Waals surface area contributed by atoms with Crippen LogP contribution in [0.25, 0.3) is 0 Å². The number of rotatable bonds is 3. The van der Waals surface area contributed by atoms with E-state index in [4.69, 9.17) is 4.74 Å². The number of hydrogen-bond acceptors (Lipinski definition) is 4. The van der Waals surface area contributed by atoms with Crippen LogP contribution in [0.2, 0.25) is 0 Å². The zero-order valence-electron chi connectivity index (χ0n) is 18.6. The Labute approximate surface area is 175 Å². The number of aromatic hydroxyl groups is 2. The van der Waals surface area contributed by atoms with Crippen molar-refractivity contribution >= 4 is 0 Å². The van der Waals surface area contributed by atoms with E-state index in [9.17, 15) is 10.2 Å². The highest BCUT2D eigenvalue weighted by Crippen LogP contribution is 2.43. The van der Waals surface area contributed by atoms with Crippen LogP contribution in [0.1, 0.15) is 69.8 Å². The van der Waals surface area contributed by atoms with Crippen molar-refractivity contribution in [3.8, 4) is 11.5 Å². The molecule has 0 aromatic heterocycles. The van der Waals surface area contributed by atoms with Crippen LogP contribution in [-0.2, 0) is 15.6 Å². The van der Waals surface area contributed by atoms with Crippen LogP contribution in [-0.4, -0.2) is 41.4 Å². The van der Waals surface area contributed by atoms with E-state index in [0.717, 1.165) is 35.3 Å². The number of ether oxygens (including phenoxy) is 1. The first-order chi connectivity index (χ1) is 13.5. The van der Waals surface area contributed by atoms with Gasteiger partial charge in [-0.3, -0.25) is 4.90 Å². The first kappa shape index (κ1) is 21.7. The zero-order valence-corrected chi connectivity index (χ0v) is 18.6. The fourth-order valence-corrected chi connectivity index (χ4v) is 4.10. The molecule has 0 aliphatic carbocycles. The highest BCUT2D eigenvalue weighted by molar-refractivity contribution is 5.53. The van der Waals surface area contributed by atoms with Crippen LogP contribution in [0.15, 0.2) is 36.4 Å². The van der Waals surface area contributed by atoms with E-state index in [1.807, 2.05) is 18.2 Å². The molecule has 158 valence electrons. The quantitative estimate of drug-likeness (QED) is 0.755. The first-order valence-electron chi connectivity index (χ1n) is 10.5. The fourth-order valence-electron chi connectivity index (χ4n) is 4.10. The molecule has 1 unspecified atom stereocenters. The average Bonchev–Trinajstić information content (AvgIpc) is 2.63. The minimum atomic E-state index is -0.200. The molecule has 0 saturated carbocycles. The molecule has 2 aromatic rings. The van der Waals surface area contributed by atoms with Crippen molar-refractivity contribution in [2.75, 3.05) is 26.3 Å². The molecule has 1 saturated heterocycles. The Morgan fingerprint density at radius 1 is 0.862 bits per heavy atom. The minimum Gasteiger partial charge on any atom is -0.508 e. The Balaban J connectivity index is 2.26. The molecule has 1 heterocycles. The van der Waals surface area contributed by atoms with Gasteiger partial charge in [0.1, 0.15) is 11.5 Å². The van der Waals surface area contributed by atoms with Gasteiger partial charge in [-0.2, -0.15) is 0 Å². The van der Waals surface area contributed by atoms with Gasteiger partial charge < -0.3 is 14.9 Å². The molecule has 2 N–H and O–H groups in total. The molecule has 29 heavy (non-hydrogen) atoms. The smallest absolute Gasteiger partial charge is 0.123 e. The van der Waals surface area contributed by atoms with E-state index >= 15 is 0 Å². The predicted molar refractivity (Wildman–Crippen MR) is 118 cm³/mol. The van der Waals surface area contributed by atoms with Crippen molar-refractivity contribution in [1.29, 1.82) is 0 Å². The Bertz CT molecular complexity index is 820. The number of nitrogens with zero attached hydrogens (tertiary/aromatic N) is 1. The Morgan fingerprint density at radius 3 is 1.86 bits per heavy atom. The van der Waals surface area contributed by atoms with Gasteiger partial charge in [-0.15, -0.1) is 0 Å². The number of benzene rings is 2. The van der Waals surface area contributed by atoms with E-state index in [-0.39, 0.29) is 16.9 Å². The predicted octanol–water partition coefficient (Wildman–Crippen LogP) is 5.11. The van der Waals surface area contributed by atoms with E-state index < -0.39 is 0 Å². The normalized spacial score (nSPS) is 17.3. The number of phenols is 2. The Hall–Kier alpha value is -2.04. The van der Waals surface area contributed by atoms with Gasteiger partial charge in [0.05, 0.1) is 19.3 Å². The van der Waals surface area contributed by atoms with Crippen molar-refractivity contribution < 1.29 is 14.9 Å². The number of hydrogen-bond donors (Lipinski definition) is 2. The second-order valence-corrected chi connectivity index (χ2v) is 10.1. The molecule has 1 atom stereocenters. The molecular formula is C25H35NO3. The van der Waals surface area contributed by atoms with E-state index in [2.05, 4.69) is 58.6 Å². The summed E-state index contributed by atoms with van der Waals surface area (Å²) in [6.45, 7) is 15.7. The first-order valence-corrected chi connectivity index (χ1v) is 10.5. The summed E-state index contributed by atoms with van der Waals surface area (Å²) in [5, 5.41) is 21.8. The molecule has 4 nitrogen and oxygen atoms in total. The number of morpholine rings is 1. The third-order valence-corrected chi connectivity index (χ3v) is 5.71. The van der Waals surface area contributed by atoms with Crippen molar-refractivity contribution in [3.63, 3.8) is 0 Å². The van der Waals surface area contributed by atoms with Crippen LogP contribution >= 0.6 is 0 Å². The minimum absolute atomic E-state index is 0.0945. The van der Waals surface area contributed by atoms with E-state index in [1.54, 1.807) is 6.07 Å². The summed E-state index contributed by atoms with van der Waals surface area (Å²) < 4.78 is 5.58. The van der Waals surface area contributed by atoms with Gasteiger partial charge in [0.15, 0.2) is 0 Å². The molecule has 1 aliphatic rings. The molecule has 0 radical (unpaired) electrons. The summed E-state index contributed by atoms with van der Waals surface area (Å²) in [6, 6.07) is 11.7. The van der Waals surface area contributed by atoms with Crippen LogP contribution in [0.4, 0.5) is 0 Å². The molecule has 0 bridgehead atoms. The topological polar surface area (TPSA) is 52.9 Å². The number of para-hydroxylation sites is 1. The van der Waals surface area contributed by atoms with Crippen molar-refractivity contribution in [3.05, 3.63) is 58.7 Å². The van der Waals surface area contributed by atoms with Crippen LogP contribution in [0.5, 0.6) is 11.5 Å². The monoisotopic (exact) mass is 397 g/mol. The van der Waals surface area contributed by atoms with Gasteiger partial charge in [0, 0.05) is 18.7 Å². The van der Waals surface area contributed by atoms with Gasteiger partial charge in [0.25, 0.3) is 0 Å². The summed E-state index contributed by atoms with van der Waals surface area (Å²) in [7, 11) is 0.